The summed E-state index contributed by atoms with van der Waals surface area (Å²) < 4.78 is 4.50. The van der Waals surface area contributed by atoms with Gasteiger partial charge in [-0.25, -0.2) is 0 Å². The minimum absolute atomic E-state index is 0.157. The number of nitrogens with one attached hydrogen (secondary N) is 1. The summed E-state index contributed by atoms with van der Waals surface area (Å²) in [6, 6.07) is 0. The fourth-order valence-electron chi connectivity index (χ4n) is 0.914. The van der Waals surface area contributed by atoms with E-state index in [1.54, 1.807) is 0 Å². The van der Waals surface area contributed by atoms with Gasteiger partial charge in [-0.3, -0.25) is 4.79 Å². The molecule has 1 aliphatic rings. The van der Waals surface area contributed by atoms with Crippen LogP contribution in [-0.2, 0) is 9.53 Å². The standard InChI is InChI=1S/C7H11NO2/c1-10-7(9)4-6-2-3-8-5-6/h2,8H,3-5H2,1H3. The van der Waals surface area contributed by atoms with E-state index < -0.39 is 0 Å². The smallest absolute Gasteiger partial charge is 0.309 e. The first-order valence-electron chi connectivity index (χ1n) is 3.28. The Balaban J connectivity index is 2.30. The molecule has 1 heterocycles. The van der Waals surface area contributed by atoms with Crippen molar-refractivity contribution in [1.29, 1.82) is 0 Å². The van der Waals surface area contributed by atoms with Crippen molar-refractivity contribution in [1.82, 2.24) is 5.32 Å². The molecule has 0 unspecified atom stereocenters. The van der Waals surface area contributed by atoms with E-state index in [4.69, 9.17) is 0 Å². The third-order valence-corrected chi connectivity index (χ3v) is 1.49. The van der Waals surface area contributed by atoms with Crippen LogP contribution in [-0.4, -0.2) is 26.2 Å². The Morgan fingerprint density at radius 1 is 1.90 bits per heavy atom. The van der Waals surface area contributed by atoms with Gasteiger partial charge in [0.1, 0.15) is 0 Å². The van der Waals surface area contributed by atoms with Gasteiger partial charge in [-0.1, -0.05) is 6.08 Å². The summed E-state index contributed by atoms with van der Waals surface area (Å²) >= 11 is 0. The zero-order chi connectivity index (χ0) is 7.40. The van der Waals surface area contributed by atoms with Crippen LogP contribution in [0.2, 0.25) is 0 Å². The molecule has 0 aromatic heterocycles. The molecule has 0 amide bonds. The molecule has 3 nitrogen and oxygen atoms in total. The molecule has 0 fully saturated rings. The highest BCUT2D eigenvalue weighted by atomic mass is 16.5. The van der Waals surface area contributed by atoms with E-state index in [-0.39, 0.29) is 5.97 Å². The normalized spacial score (nSPS) is 16.7. The van der Waals surface area contributed by atoms with Crippen molar-refractivity contribution in [2.75, 3.05) is 20.2 Å². The first kappa shape index (κ1) is 7.28. The second kappa shape index (κ2) is 3.37. The number of hydrogen-bond acceptors (Lipinski definition) is 3. The maximum Gasteiger partial charge on any atom is 0.309 e. The minimum atomic E-state index is -0.157. The van der Waals surface area contributed by atoms with Gasteiger partial charge in [-0.2, -0.15) is 0 Å². The van der Waals surface area contributed by atoms with E-state index in [0.717, 1.165) is 18.7 Å². The third kappa shape index (κ3) is 1.84. The van der Waals surface area contributed by atoms with Crippen LogP contribution in [0.5, 0.6) is 0 Å². The van der Waals surface area contributed by atoms with Gasteiger partial charge in [0.25, 0.3) is 0 Å². The first-order chi connectivity index (χ1) is 4.83. The van der Waals surface area contributed by atoms with Gasteiger partial charge >= 0.3 is 5.97 Å². The molecule has 0 bridgehead atoms. The fraction of sp³-hybridized carbons (Fsp3) is 0.571. The van der Waals surface area contributed by atoms with Gasteiger partial charge in [-0.05, 0) is 5.57 Å². The van der Waals surface area contributed by atoms with Crippen molar-refractivity contribution in [2.24, 2.45) is 0 Å². The molecule has 1 N–H and O–H groups in total. The van der Waals surface area contributed by atoms with Crippen LogP contribution in [0.4, 0.5) is 0 Å². The number of methoxy groups -OCH3 is 1. The topological polar surface area (TPSA) is 38.3 Å². The highest BCUT2D eigenvalue weighted by molar-refractivity contribution is 5.72. The number of esters is 1. The maximum atomic E-state index is 10.7. The average Bonchev–Trinajstić information content (AvgIpc) is 2.40. The molecule has 0 aliphatic carbocycles. The molecular formula is C7H11NO2. The van der Waals surface area contributed by atoms with Gasteiger partial charge < -0.3 is 10.1 Å². The monoisotopic (exact) mass is 141 g/mol. The molecule has 0 aromatic carbocycles. The summed E-state index contributed by atoms with van der Waals surface area (Å²) in [7, 11) is 1.41. The number of ether oxygens (including phenoxy) is 1. The number of rotatable bonds is 2. The molecular weight excluding hydrogens is 130 g/mol. The van der Waals surface area contributed by atoms with E-state index >= 15 is 0 Å². The molecule has 0 aromatic rings. The van der Waals surface area contributed by atoms with Crippen LogP contribution >= 0.6 is 0 Å². The van der Waals surface area contributed by atoms with Crippen LogP contribution in [0.1, 0.15) is 6.42 Å². The molecule has 3 heteroatoms. The fourth-order valence-corrected chi connectivity index (χ4v) is 0.914. The predicted octanol–water partition coefficient (Wildman–Crippen LogP) is 0.0791. The van der Waals surface area contributed by atoms with Gasteiger partial charge in [0.15, 0.2) is 0 Å². The Hall–Kier alpha value is -0.830. The van der Waals surface area contributed by atoms with Gasteiger partial charge in [0.2, 0.25) is 0 Å². The van der Waals surface area contributed by atoms with Crippen molar-refractivity contribution in [2.45, 2.75) is 6.42 Å². The molecule has 10 heavy (non-hydrogen) atoms. The zero-order valence-corrected chi connectivity index (χ0v) is 6.02. The Morgan fingerprint density at radius 2 is 2.70 bits per heavy atom. The lowest BCUT2D eigenvalue weighted by Gasteiger charge is -1.98. The summed E-state index contributed by atoms with van der Waals surface area (Å²) in [6.45, 7) is 1.71. The Labute approximate surface area is 60.1 Å². The lowest BCUT2D eigenvalue weighted by Crippen LogP contribution is -2.10. The molecule has 0 radical (unpaired) electrons. The van der Waals surface area contributed by atoms with E-state index in [2.05, 4.69) is 10.1 Å². The highest BCUT2D eigenvalue weighted by Gasteiger charge is 2.08. The van der Waals surface area contributed by atoms with E-state index in [9.17, 15) is 4.79 Å². The summed E-state index contributed by atoms with van der Waals surface area (Å²) in [4.78, 5) is 10.7. The predicted molar refractivity (Wildman–Crippen MR) is 37.6 cm³/mol. The van der Waals surface area contributed by atoms with Crippen LogP contribution in [0.25, 0.3) is 0 Å². The minimum Gasteiger partial charge on any atom is -0.469 e. The molecule has 0 atom stereocenters. The van der Waals surface area contributed by atoms with Gasteiger partial charge in [0, 0.05) is 13.1 Å². The van der Waals surface area contributed by atoms with Crippen molar-refractivity contribution in [3.05, 3.63) is 11.6 Å². The SMILES string of the molecule is COC(=O)CC1=CCNC1. The van der Waals surface area contributed by atoms with Crippen molar-refractivity contribution >= 4 is 5.97 Å². The van der Waals surface area contributed by atoms with Crippen LogP contribution < -0.4 is 5.32 Å². The summed E-state index contributed by atoms with van der Waals surface area (Å²) in [6.07, 6.45) is 2.46. The summed E-state index contributed by atoms with van der Waals surface area (Å²) in [5.41, 5.74) is 1.13. The molecule has 1 aliphatic heterocycles. The largest absolute Gasteiger partial charge is 0.469 e. The van der Waals surface area contributed by atoms with Crippen molar-refractivity contribution in [3.8, 4) is 0 Å². The molecule has 0 saturated heterocycles. The van der Waals surface area contributed by atoms with E-state index in [1.807, 2.05) is 6.08 Å². The second-order valence-corrected chi connectivity index (χ2v) is 2.25. The molecule has 0 saturated carbocycles. The summed E-state index contributed by atoms with van der Waals surface area (Å²) in [5, 5.41) is 3.10. The Bertz CT molecular complexity index is 163. The number of carbonyl (C=O) groups excluding carboxylic acids is 1. The third-order valence-electron chi connectivity index (χ3n) is 1.49. The first-order valence-corrected chi connectivity index (χ1v) is 3.28. The Kier molecular flexibility index (Phi) is 2.45. The quantitative estimate of drug-likeness (QED) is 0.437. The van der Waals surface area contributed by atoms with Gasteiger partial charge in [-0.15, -0.1) is 0 Å². The summed E-state index contributed by atoms with van der Waals surface area (Å²) in [5.74, 6) is -0.157. The van der Waals surface area contributed by atoms with Crippen molar-refractivity contribution < 1.29 is 9.53 Å². The molecule has 56 valence electrons. The van der Waals surface area contributed by atoms with E-state index in [1.165, 1.54) is 7.11 Å². The second-order valence-electron chi connectivity index (χ2n) is 2.25. The molecule has 1 rings (SSSR count). The molecule has 0 spiro atoms. The Morgan fingerprint density at radius 3 is 3.20 bits per heavy atom. The lowest BCUT2D eigenvalue weighted by molar-refractivity contribution is -0.139. The number of carbonyl (C=O) groups is 1. The van der Waals surface area contributed by atoms with Crippen LogP contribution in [0.15, 0.2) is 11.6 Å². The van der Waals surface area contributed by atoms with E-state index in [0.29, 0.717) is 6.42 Å². The lowest BCUT2D eigenvalue weighted by atomic mass is 10.2. The van der Waals surface area contributed by atoms with Crippen molar-refractivity contribution in [3.63, 3.8) is 0 Å². The average molecular weight is 141 g/mol. The zero-order valence-electron chi connectivity index (χ0n) is 6.02. The van der Waals surface area contributed by atoms with Gasteiger partial charge in [0.05, 0.1) is 13.5 Å². The highest BCUT2D eigenvalue weighted by Crippen LogP contribution is 2.04. The maximum absolute atomic E-state index is 10.7. The van der Waals surface area contributed by atoms with Crippen LogP contribution in [0.3, 0.4) is 0 Å². The van der Waals surface area contributed by atoms with Crippen LogP contribution in [0, 0.1) is 0 Å². The number of hydrogen-bond donors (Lipinski definition) is 1.